The van der Waals surface area contributed by atoms with Crippen molar-refractivity contribution in [3.05, 3.63) is 6.61 Å². The molecule has 3 heteroatoms. The van der Waals surface area contributed by atoms with Crippen LogP contribution in [0.4, 0.5) is 0 Å². The van der Waals surface area contributed by atoms with E-state index in [1.807, 2.05) is 0 Å². The van der Waals surface area contributed by atoms with Crippen molar-refractivity contribution in [2.45, 2.75) is 33.8 Å². The van der Waals surface area contributed by atoms with E-state index in [1.54, 1.807) is 34.8 Å². The maximum Gasteiger partial charge on any atom is 0.311 e. The van der Waals surface area contributed by atoms with Gasteiger partial charge in [0.1, 0.15) is 0 Å². The van der Waals surface area contributed by atoms with Gasteiger partial charge < -0.3 is 9.47 Å². The van der Waals surface area contributed by atoms with Crippen LogP contribution in [0.1, 0.15) is 27.7 Å². The van der Waals surface area contributed by atoms with Crippen molar-refractivity contribution in [2.75, 3.05) is 7.11 Å². The van der Waals surface area contributed by atoms with Gasteiger partial charge in [-0.25, -0.2) is 0 Å². The van der Waals surface area contributed by atoms with Gasteiger partial charge in [0.25, 0.3) is 0 Å². The zero-order valence-corrected chi connectivity index (χ0v) is 8.38. The van der Waals surface area contributed by atoms with Crippen LogP contribution in [-0.2, 0) is 14.3 Å². The van der Waals surface area contributed by atoms with Crippen LogP contribution in [0.15, 0.2) is 0 Å². The smallest absolute Gasteiger partial charge is 0.311 e. The van der Waals surface area contributed by atoms with Crippen molar-refractivity contribution in [2.24, 2.45) is 5.41 Å². The second-order valence-corrected chi connectivity index (χ2v) is 3.73. The molecule has 0 aromatic rings. The van der Waals surface area contributed by atoms with Crippen LogP contribution in [0.25, 0.3) is 0 Å². The zero-order valence-electron chi connectivity index (χ0n) is 8.38. The Kier molecular flexibility index (Phi) is 4.24. The minimum absolute atomic E-state index is 0.156. The molecule has 0 N–H and O–H groups in total. The fourth-order valence-corrected chi connectivity index (χ4v) is 0.390. The minimum atomic E-state index is -0.454. The van der Waals surface area contributed by atoms with Crippen LogP contribution in [0, 0.1) is 12.0 Å². The van der Waals surface area contributed by atoms with Gasteiger partial charge in [-0.05, 0) is 27.7 Å². The Bertz CT molecular complexity index is 146. The van der Waals surface area contributed by atoms with Gasteiger partial charge in [0, 0.05) is 7.11 Å². The molecule has 0 heterocycles. The van der Waals surface area contributed by atoms with E-state index in [0.29, 0.717) is 0 Å². The number of rotatable bonds is 3. The molecule has 0 aliphatic heterocycles. The molecule has 0 amide bonds. The molecule has 0 aliphatic carbocycles. The highest BCUT2D eigenvalue weighted by molar-refractivity contribution is 5.75. The molecule has 12 heavy (non-hydrogen) atoms. The van der Waals surface area contributed by atoms with E-state index in [2.05, 4.69) is 0 Å². The van der Waals surface area contributed by atoms with E-state index in [1.165, 1.54) is 6.61 Å². The molecule has 0 rings (SSSR count). The third-order valence-corrected chi connectivity index (χ3v) is 1.35. The Morgan fingerprint density at radius 3 is 2.25 bits per heavy atom. The van der Waals surface area contributed by atoms with Crippen molar-refractivity contribution in [1.82, 2.24) is 0 Å². The summed E-state index contributed by atoms with van der Waals surface area (Å²) >= 11 is 0. The fourth-order valence-electron chi connectivity index (χ4n) is 0.390. The highest BCUT2D eigenvalue weighted by atomic mass is 16.6. The summed E-state index contributed by atoms with van der Waals surface area (Å²) in [7, 11) is 1.56. The number of hydrogen-bond acceptors (Lipinski definition) is 3. The second-order valence-electron chi connectivity index (χ2n) is 3.73. The Hall–Kier alpha value is -0.570. The highest BCUT2D eigenvalue weighted by Crippen LogP contribution is 2.16. The average molecular weight is 173 g/mol. The largest absolute Gasteiger partial charge is 0.455 e. The molecule has 0 saturated heterocycles. The van der Waals surface area contributed by atoms with Crippen LogP contribution in [0.2, 0.25) is 0 Å². The first-order valence-electron chi connectivity index (χ1n) is 3.95. The summed E-state index contributed by atoms with van der Waals surface area (Å²) in [4.78, 5) is 11.2. The fraction of sp³-hybridized carbons (Fsp3) is 0.778. The molecule has 0 bridgehead atoms. The van der Waals surface area contributed by atoms with E-state index < -0.39 is 5.41 Å². The van der Waals surface area contributed by atoms with Crippen molar-refractivity contribution in [1.29, 1.82) is 0 Å². The summed E-state index contributed by atoms with van der Waals surface area (Å²) < 4.78 is 9.75. The number of esters is 1. The van der Waals surface area contributed by atoms with Gasteiger partial charge in [-0.2, -0.15) is 0 Å². The first-order valence-corrected chi connectivity index (χ1v) is 3.95. The molecule has 3 nitrogen and oxygen atoms in total. The van der Waals surface area contributed by atoms with Crippen molar-refractivity contribution >= 4 is 5.97 Å². The molecule has 0 fully saturated rings. The molecule has 0 saturated carbocycles. The van der Waals surface area contributed by atoms with Gasteiger partial charge >= 0.3 is 5.97 Å². The van der Waals surface area contributed by atoms with Crippen molar-refractivity contribution in [3.63, 3.8) is 0 Å². The summed E-state index contributed by atoms with van der Waals surface area (Å²) in [6.07, 6.45) is -0.156. The van der Waals surface area contributed by atoms with Crippen molar-refractivity contribution in [3.8, 4) is 0 Å². The number of ether oxygens (including phenoxy) is 2. The topological polar surface area (TPSA) is 35.5 Å². The maximum absolute atomic E-state index is 11.2. The Morgan fingerprint density at radius 1 is 1.42 bits per heavy atom. The molecule has 0 aliphatic rings. The quantitative estimate of drug-likeness (QED) is 0.610. The van der Waals surface area contributed by atoms with Gasteiger partial charge in [0.2, 0.25) is 0 Å². The van der Waals surface area contributed by atoms with E-state index >= 15 is 0 Å². The van der Waals surface area contributed by atoms with Crippen LogP contribution in [0.5, 0.6) is 0 Å². The van der Waals surface area contributed by atoms with E-state index in [4.69, 9.17) is 9.47 Å². The first kappa shape index (κ1) is 11.4. The van der Waals surface area contributed by atoms with Crippen molar-refractivity contribution < 1.29 is 14.3 Å². The third-order valence-electron chi connectivity index (χ3n) is 1.35. The standard InChI is InChI=1S/C9H17O3/c1-7(11-5)6-12-8(10)9(2,3)4/h6-7H,1-5H3. The van der Waals surface area contributed by atoms with Crippen LogP contribution < -0.4 is 0 Å². The first-order chi connectivity index (χ1) is 5.38. The molecule has 1 unspecified atom stereocenters. The number of carbonyl (C=O) groups is 1. The van der Waals surface area contributed by atoms with E-state index in [0.717, 1.165) is 0 Å². The number of methoxy groups -OCH3 is 1. The lowest BCUT2D eigenvalue weighted by molar-refractivity contribution is -0.151. The molecule has 0 spiro atoms. The summed E-state index contributed by atoms with van der Waals surface area (Å²) in [5.41, 5.74) is -0.454. The van der Waals surface area contributed by atoms with E-state index in [9.17, 15) is 4.79 Å². The normalized spacial score (nSPS) is 14.1. The van der Waals surface area contributed by atoms with Gasteiger partial charge in [-0.3, -0.25) is 4.79 Å². The van der Waals surface area contributed by atoms with Crippen LogP contribution in [-0.4, -0.2) is 19.2 Å². The molecular formula is C9H17O3. The minimum Gasteiger partial charge on any atom is -0.455 e. The molecule has 0 aromatic carbocycles. The molecule has 0 aromatic heterocycles. The monoisotopic (exact) mass is 173 g/mol. The van der Waals surface area contributed by atoms with Crippen LogP contribution in [0.3, 0.4) is 0 Å². The Labute approximate surface area is 74.0 Å². The summed E-state index contributed by atoms with van der Waals surface area (Å²) in [5, 5.41) is 0. The SMILES string of the molecule is COC(C)[CH]OC(=O)C(C)(C)C. The van der Waals surface area contributed by atoms with Gasteiger partial charge in [-0.15, -0.1) is 0 Å². The lowest BCUT2D eigenvalue weighted by Gasteiger charge is -2.17. The van der Waals surface area contributed by atoms with Crippen LogP contribution >= 0.6 is 0 Å². The van der Waals surface area contributed by atoms with Gasteiger partial charge in [-0.1, -0.05) is 0 Å². The highest BCUT2D eigenvalue weighted by Gasteiger charge is 2.23. The number of hydrogen-bond donors (Lipinski definition) is 0. The zero-order chi connectivity index (χ0) is 9.78. The van der Waals surface area contributed by atoms with Gasteiger partial charge in [0.15, 0.2) is 6.61 Å². The average Bonchev–Trinajstić information content (AvgIpc) is 1.97. The summed E-state index contributed by atoms with van der Waals surface area (Å²) in [6.45, 7) is 8.62. The summed E-state index contributed by atoms with van der Waals surface area (Å²) in [5.74, 6) is -0.244. The summed E-state index contributed by atoms with van der Waals surface area (Å²) in [6, 6.07) is 0. The molecule has 1 atom stereocenters. The second kappa shape index (κ2) is 4.45. The maximum atomic E-state index is 11.2. The Balaban J connectivity index is 3.73. The predicted octanol–water partition coefficient (Wildman–Crippen LogP) is 1.77. The predicted molar refractivity (Wildman–Crippen MR) is 46.3 cm³/mol. The molecule has 71 valence electrons. The number of carbonyl (C=O) groups excluding carboxylic acids is 1. The third kappa shape index (κ3) is 4.34. The lowest BCUT2D eigenvalue weighted by Crippen LogP contribution is -2.24. The lowest BCUT2D eigenvalue weighted by atomic mass is 9.97. The molecular weight excluding hydrogens is 156 g/mol. The Morgan fingerprint density at radius 2 is 1.92 bits per heavy atom. The van der Waals surface area contributed by atoms with E-state index in [-0.39, 0.29) is 12.1 Å². The molecule has 1 radical (unpaired) electrons. The van der Waals surface area contributed by atoms with Gasteiger partial charge in [0.05, 0.1) is 11.5 Å².